The van der Waals surface area contributed by atoms with Crippen molar-refractivity contribution in [2.75, 3.05) is 33.9 Å². The van der Waals surface area contributed by atoms with E-state index in [4.69, 9.17) is 9.47 Å². The Morgan fingerprint density at radius 3 is 2.67 bits per heavy atom. The van der Waals surface area contributed by atoms with E-state index < -0.39 is 0 Å². The Balaban J connectivity index is 1.67. The molecule has 1 saturated heterocycles. The van der Waals surface area contributed by atoms with E-state index in [-0.39, 0.29) is 18.0 Å². The molecule has 1 amide bonds. The van der Waals surface area contributed by atoms with Gasteiger partial charge in [0.05, 0.1) is 26.4 Å². The molecule has 0 spiro atoms. The molecule has 0 radical (unpaired) electrons. The Kier molecular flexibility index (Phi) is 6.48. The Bertz CT molecular complexity index is 754. The van der Waals surface area contributed by atoms with Gasteiger partial charge in [-0.1, -0.05) is 42.5 Å². The van der Waals surface area contributed by atoms with E-state index in [1.165, 1.54) is 0 Å². The number of carbonyl (C=O) groups excluding carboxylic acids is 1. The predicted octanol–water partition coefficient (Wildman–Crippen LogP) is 3.26. The van der Waals surface area contributed by atoms with Gasteiger partial charge in [0.2, 0.25) is 5.91 Å². The lowest BCUT2D eigenvalue weighted by atomic mass is 10.00. The van der Waals surface area contributed by atoms with E-state index in [1.54, 1.807) is 7.11 Å². The van der Waals surface area contributed by atoms with Crippen molar-refractivity contribution < 1.29 is 14.3 Å². The molecule has 0 aromatic heterocycles. The summed E-state index contributed by atoms with van der Waals surface area (Å²) in [4.78, 5) is 14.4. The molecule has 1 fully saturated rings. The number of ether oxygens (including phenoxy) is 2. The SMILES string of the molecule is COc1ccccc1-c1ccc(C(C)N(C)C(=O)CC2COCCN2)cc1. The maximum atomic E-state index is 12.6. The number of hydrogen-bond acceptors (Lipinski definition) is 4. The molecule has 144 valence electrons. The van der Waals surface area contributed by atoms with Crippen LogP contribution in [0.2, 0.25) is 0 Å². The second-order valence-electron chi connectivity index (χ2n) is 6.93. The number of rotatable bonds is 6. The average molecular weight is 368 g/mol. The number of hydrogen-bond donors (Lipinski definition) is 1. The Morgan fingerprint density at radius 1 is 1.26 bits per heavy atom. The van der Waals surface area contributed by atoms with Gasteiger partial charge in [0, 0.05) is 31.6 Å². The van der Waals surface area contributed by atoms with Crippen LogP contribution in [0.15, 0.2) is 48.5 Å². The molecule has 0 bridgehead atoms. The van der Waals surface area contributed by atoms with Crippen LogP contribution in [0.1, 0.15) is 24.9 Å². The third-order valence-electron chi connectivity index (χ3n) is 5.20. The van der Waals surface area contributed by atoms with Crippen LogP contribution in [0.25, 0.3) is 11.1 Å². The molecule has 2 atom stereocenters. The van der Waals surface area contributed by atoms with Gasteiger partial charge in [0.25, 0.3) is 0 Å². The lowest BCUT2D eigenvalue weighted by molar-refractivity contribution is -0.133. The van der Waals surface area contributed by atoms with Gasteiger partial charge in [-0.15, -0.1) is 0 Å². The average Bonchev–Trinajstić information content (AvgIpc) is 2.73. The third kappa shape index (κ3) is 4.67. The second-order valence-corrected chi connectivity index (χ2v) is 6.93. The topological polar surface area (TPSA) is 50.8 Å². The molecule has 27 heavy (non-hydrogen) atoms. The van der Waals surface area contributed by atoms with Crippen molar-refractivity contribution in [2.45, 2.75) is 25.4 Å². The van der Waals surface area contributed by atoms with Crippen LogP contribution < -0.4 is 10.1 Å². The first-order valence-electron chi connectivity index (χ1n) is 9.40. The highest BCUT2D eigenvalue weighted by Gasteiger charge is 2.22. The number of carbonyl (C=O) groups is 1. The van der Waals surface area contributed by atoms with E-state index in [0.717, 1.165) is 35.6 Å². The summed E-state index contributed by atoms with van der Waals surface area (Å²) in [5.74, 6) is 0.979. The van der Waals surface area contributed by atoms with Gasteiger partial charge in [-0.3, -0.25) is 4.79 Å². The van der Waals surface area contributed by atoms with Crippen molar-refractivity contribution in [3.05, 3.63) is 54.1 Å². The molecule has 1 aliphatic rings. The van der Waals surface area contributed by atoms with Gasteiger partial charge < -0.3 is 19.7 Å². The van der Waals surface area contributed by atoms with Gasteiger partial charge >= 0.3 is 0 Å². The van der Waals surface area contributed by atoms with Gasteiger partial charge in [0.1, 0.15) is 5.75 Å². The van der Waals surface area contributed by atoms with Gasteiger partial charge in [0.15, 0.2) is 0 Å². The van der Waals surface area contributed by atoms with Crippen LogP contribution in [-0.4, -0.2) is 50.8 Å². The summed E-state index contributed by atoms with van der Waals surface area (Å²) in [5.41, 5.74) is 3.27. The number of methoxy groups -OCH3 is 1. The maximum absolute atomic E-state index is 12.6. The van der Waals surface area contributed by atoms with E-state index >= 15 is 0 Å². The molecule has 2 aromatic rings. The van der Waals surface area contributed by atoms with E-state index in [9.17, 15) is 4.79 Å². The van der Waals surface area contributed by atoms with E-state index in [0.29, 0.717) is 13.0 Å². The molecule has 1 heterocycles. The third-order valence-corrected chi connectivity index (χ3v) is 5.20. The van der Waals surface area contributed by atoms with E-state index in [1.807, 2.05) is 36.2 Å². The number of amides is 1. The zero-order chi connectivity index (χ0) is 19.2. The van der Waals surface area contributed by atoms with Crippen molar-refractivity contribution in [1.29, 1.82) is 0 Å². The van der Waals surface area contributed by atoms with Crippen LogP contribution in [0.5, 0.6) is 5.75 Å². The van der Waals surface area contributed by atoms with Crippen molar-refractivity contribution in [2.24, 2.45) is 0 Å². The summed E-state index contributed by atoms with van der Waals surface area (Å²) in [6, 6.07) is 16.4. The molecular weight excluding hydrogens is 340 g/mol. The maximum Gasteiger partial charge on any atom is 0.224 e. The largest absolute Gasteiger partial charge is 0.496 e. The van der Waals surface area contributed by atoms with Crippen LogP contribution in [0, 0.1) is 0 Å². The number of nitrogens with zero attached hydrogens (tertiary/aromatic N) is 1. The zero-order valence-electron chi connectivity index (χ0n) is 16.3. The smallest absolute Gasteiger partial charge is 0.224 e. The summed E-state index contributed by atoms with van der Waals surface area (Å²) < 4.78 is 10.9. The lowest BCUT2D eigenvalue weighted by Gasteiger charge is -2.29. The van der Waals surface area contributed by atoms with Crippen molar-refractivity contribution >= 4 is 5.91 Å². The molecule has 5 heteroatoms. The summed E-state index contributed by atoms with van der Waals surface area (Å²) in [6.45, 7) is 4.18. The number of nitrogens with one attached hydrogen (secondary N) is 1. The van der Waals surface area contributed by atoms with Crippen molar-refractivity contribution in [3.63, 3.8) is 0 Å². The highest BCUT2D eigenvalue weighted by atomic mass is 16.5. The quantitative estimate of drug-likeness (QED) is 0.850. The van der Waals surface area contributed by atoms with Crippen molar-refractivity contribution in [1.82, 2.24) is 10.2 Å². The number of para-hydroxylation sites is 1. The highest BCUT2D eigenvalue weighted by molar-refractivity contribution is 5.77. The standard InChI is InChI=1S/C22H28N2O3/c1-16(24(2)22(25)14-19-15-27-13-12-23-19)17-8-10-18(11-9-17)20-6-4-5-7-21(20)26-3/h4-11,16,19,23H,12-15H2,1-3H3. The minimum Gasteiger partial charge on any atom is -0.496 e. The molecule has 2 aromatic carbocycles. The Labute approximate surface area is 161 Å². The van der Waals surface area contributed by atoms with Gasteiger partial charge in [-0.2, -0.15) is 0 Å². The zero-order valence-corrected chi connectivity index (χ0v) is 16.3. The van der Waals surface area contributed by atoms with Crippen LogP contribution in [0.4, 0.5) is 0 Å². The first-order valence-corrected chi connectivity index (χ1v) is 9.40. The van der Waals surface area contributed by atoms with Crippen molar-refractivity contribution in [3.8, 4) is 16.9 Å². The first kappa shape index (κ1) is 19.4. The number of benzene rings is 2. The molecule has 5 nitrogen and oxygen atoms in total. The molecule has 0 aliphatic carbocycles. The lowest BCUT2D eigenvalue weighted by Crippen LogP contribution is -2.44. The summed E-state index contributed by atoms with van der Waals surface area (Å²) >= 11 is 0. The van der Waals surface area contributed by atoms with E-state index in [2.05, 4.69) is 36.5 Å². The molecule has 0 saturated carbocycles. The summed E-state index contributed by atoms with van der Waals surface area (Å²) in [6.07, 6.45) is 0.458. The number of morpholine rings is 1. The first-order chi connectivity index (χ1) is 13.1. The summed E-state index contributed by atoms with van der Waals surface area (Å²) in [7, 11) is 3.55. The fraction of sp³-hybridized carbons (Fsp3) is 0.409. The van der Waals surface area contributed by atoms with Gasteiger partial charge in [-0.25, -0.2) is 0 Å². The van der Waals surface area contributed by atoms with Crippen LogP contribution in [-0.2, 0) is 9.53 Å². The predicted molar refractivity (Wildman–Crippen MR) is 107 cm³/mol. The fourth-order valence-electron chi connectivity index (χ4n) is 3.37. The summed E-state index contributed by atoms with van der Waals surface area (Å²) in [5, 5.41) is 3.34. The van der Waals surface area contributed by atoms with Crippen LogP contribution in [0.3, 0.4) is 0 Å². The molecule has 1 aliphatic heterocycles. The molecule has 1 N–H and O–H groups in total. The minimum absolute atomic E-state index is 0.00808. The molecule has 2 unspecified atom stereocenters. The fourth-order valence-corrected chi connectivity index (χ4v) is 3.37. The monoisotopic (exact) mass is 368 g/mol. The molecule has 3 rings (SSSR count). The van der Waals surface area contributed by atoms with Gasteiger partial charge in [-0.05, 0) is 24.1 Å². The second kappa shape index (κ2) is 9.02. The minimum atomic E-state index is 0.00808. The highest BCUT2D eigenvalue weighted by Crippen LogP contribution is 2.31. The Hall–Kier alpha value is -2.37. The van der Waals surface area contributed by atoms with Crippen LogP contribution >= 0.6 is 0 Å². The molecular formula is C22H28N2O3. The Morgan fingerprint density at radius 2 is 2.00 bits per heavy atom. The normalized spacial score (nSPS) is 18.0.